The zero-order valence-corrected chi connectivity index (χ0v) is 16.6. The van der Waals surface area contributed by atoms with Crippen molar-refractivity contribution in [3.63, 3.8) is 0 Å². The molecule has 7 heteroatoms. The van der Waals surface area contributed by atoms with E-state index in [1.54, 1.807) is 23.6 Å². The molecular weight excluding hydrogens is 368 g/mol. The molecule has 4 rings (SSSR count). The quantitative estimate of drug-likeness (QED) is 0.687. The van der Waals surface area contributed by atoms with Gasteiger partial charge in [-0.3, -0.25) is 9.88 Å². The molecule has 28 heavy (non-hydrogen) atoms. The van der Waals surface area contributed by atoms with E-state index in [4.69, 9.17) is 10.2 Å². The summed E-state index contributed by atoms with van der Waals surface area (Å²) in [6.45, 7) is 4.05. The highest BCUT2D eigenvalue weighted by Crippen LogP contribution is 2.34. The van der Waals surface area contributed by atoms with E-state index in [1.807, 2.05) is 24.4 Å². The second-order valence-corrected chi connectivity index (χ2v) is 7.85. The monoisotopic (exact) mass is 390 g/mol. The predicted octanol–water partition coefficient (Wildman–Crippen LogP) is 4.58. The molecular formula is C21H22N6S. The molecule has 0 spiro atoms. The second-order valence-electron chi connectivity index (χ2n) is 7.00. The van der Waals surface area contributed by atoms with Crippen molar-refractivity contribution >= 4 is 22.2 Å². The molecule has 0 aromatic carbocycles. The summed E-state index contributed by atoms with van der Waals surface area (Å²) in [5.74, 6) is 0. The van der Waals surface area contributed by atoms with Gasteiger partial charge in [-0.1, -0.05) is 12.5 Å². The van der Waals surface area contributed by atoms with Gasteiger partial charge in [0, 0.05) is 18.1 Å². The Morgan fingerprint density at radius 2 is 2.21 bits per heavy atom. The third kappa shape index (κ3) is 4.19. The van der Waals surface area contributed by atoms with Crippen LogP contribution in [0.15, 0.2) is 42.0 Å². The molecule has 1 aliphatic rings. The fourth-order valence-corrected chi connectivity index (χ4v) is 4.32. The molecule has 3 aromatic rings. The Morgan fingerprint density at radius 1 is 1.29 bits per heavy atom. The lowest BCUT2D eigenvalue weighted by Gasteiger charge is -2.34. The molecule has 1 aliphatic heterocycles. The number of aromatic nitrogens is 3. The van der Waals surface area contributed by atoms with Gasteiger partial charge in [0.15, 0.2) is 5.13 Å². The molecule has 1 saturated heterocycles. The van der Waals surface area contributed by atoms with Gasteiger partial charge in [-0.05, 0) is 50.1 Å². The highest BCUT2D eigenvalue weighted by atomic mass is 32.1. The summed E-state index contributed by atoms with van der Waals surface area (Å²) in [5, 5.41) is 15.1. The molecule has 3 aromatic heterocycles. The van der Waals surface area contributed by atoms with Crippen LogP contribution in [0.4, 0.5) is 10.8 Å². The van der Waals surface area contributed by atoms with Crippen LogP contribution >= 0.6 is 11.3 Å². The topological polar surface area (TPSA) is 77.7 Å². The van der Waals surface area contributed by atoms with Crippen molar-refractivity contribution in [2.45, 2.75) is 38.8 Å². The zero-order chi connectivity index (χ0) is 19.3. The van der Waals surface area contributed by atoms with Crippen LogP contribution in [0.25, 0.3) is 0 Å². The van der Waals surface area contributed by atoms with E-state index in [2.05, 4.69) is 38.6 Å². The van der Waals surface area contributed by atoms with Crippen molar-refractivity contribution in [3.8, 4) is 6.07 Å². The standard InChI is InChI=1S/C21H22N6S/c1-15-5-4-9-23-18(15)13-27-10-3-2-6-20(27)19-14-28-21(26-19)25-17-8-7-16(11-22)24-12-17/h4-5,7-9,12,14,20H,2-3,6,10,13H2,1H3,(H,25,26). The van der Waals surface area contributed by atoms with Gasteiger partial charge in [-0.2, -0.15) is 5.26 Å². The fraction of sp³-hybridized carbons (Fsp3) is 0.333. The third-order valence-electron chi connectivity index (χ3n) is 5.08. The van der Waals surface area contributed by atoms with Crippen molar-refractivity contribution in [1.29, 1.82) is 5.26 Å². The summed E-state index contributed by atoms with van der Waals surface area (Å²) in [6.07, 6.45) is 7.10. The van der Waals surface area contributed by atoms with Crippen LogP contribution in [0.5, 0.6) is 0 Å². The van der Waals surface area contributed by atoms with E-state index >= 15 is 0 Å². The summed E-state index contributed by atoms with van der Waals surface area (Å²) in [4.78, 5) is 16.0. The van der Waals surface area contributed by atoms with E-state index in [1.165, 1.54) is 18.4 Å². The van der Waals surface area contributed by atoms with Gasteiger partial charge >= 0.3 is 0 Å². The third-order valence-corrected chi connectivity index (χ3v) is 5.85. The first-order valence-corrected chi connectivity index (χ1v) is 10.3. The lowest BCUT2D eigenvalue weighted by molar-refractivity contribution is 0.136. The first-order valence-electron chi connectivity index (χ1n) is 9.46. The highest BCUT2D eigenvalue weighted by Gasteiger charge is 2.26. The maximum atomic E-state index is 8.86. The number of nitrogens with zero attached hydrogens (tertiary/aromatic N) is 5. The number of hydrogen-bond acceptors (Lipinski definition) is 7. The fourth-order valence-electron chi connectivity index (χ4n) is 3.55. The minimum Gasteiger partial charge on any atom is -0.330 e. The Kier molecular flexibility index (Phi) is 5.60. The van der Waals surface area contributed by atoms with Crippen LogP contribution in [-0.2, 0) is 6.54 Å². The molecule has 0 radical (unpaired) electrons. The summed E-state index contributed by atoms with van der Waals surface area (Å²) < 4.78 is 0. The normalized spacial score (nSPS) is 17.2. The highest BCUT2D eigenvalue weighted by molar-refractivity contribution is 7.13. The van der Waals surface area contributed by atoms with Gasteiger partial charge < -0.3 is 5.32 Å². The molecule has 6 nitrogen and oxygen atoms in total. The van der Waals surface area contributed by atoms with Crippen LogP contribution in [0.3, 0.4) is 0 Å². The molecule has 0 bridgehead atoms. The van der Waals surface area contributed by atoms with Gasteiger partial charge in [-0.25, -0.2) is 9.97 Å². The number of piperidine rings is 1. The lowest BCUT2D eigenvalue weighted by Crippen LogP contribution is -2.33. The summed E-state index contributed by atoms with van der Waals surface area (Å²) in [6, 6.07) is 10.0. The lowest BCUT2D eigenvalue weighted by atomic mass is 9.99. The second kappa shape index (κ2) is 8.46. The maximum Gasteiger partial charge on any atom is 0.187 e. The van der Waals surface area contributed by atoms with Gasteiger partial charge in [0.25, 0.3) is 0 Å². The number of nitrogens with one attached hydrogen (secondary N) is 1. The number of thiazole rings is 1. The molecule has 1 unspecified atom stereocenters. The molecule has 0 saturated carbocycles. The smallest absolute Gasteiger partial charge is 0.187 e. The average molecular weight is 391 g/mol. The average Bonchev–Trinajstić information content (AvgIpc) is 3.19. The Balaban J connectivity index is 1.49. The minimum absolute atomic E-state index is 0.320. The van der Waals surface area contributed by atoms with Gasteiger partial charge in [0.05, 0.1) is 29.3 Å². The van der Waals surface area contributed by atoms with Gasteiger partial charge in [-0.15, -0.1) is 11.3 Å². The first-order chi connectivity index (χ1) is 13.7. The number of nitriles is 1. The summed E-state index contributed by atoms with van der Waals surface area (Å²) in [5.41, 5.74) is 4.74. The first kappa shape index (κ1) is 18.5. The van der Waals surface area contributed by atoms with Crippen molar-refractivity contribution < 1.29 is 0 Å². The number of anilines is 2. The van der Waals surface area contributed by atoms with E-state index in [0.29, 0.717) is 11.7 Å². The van der Waals surface area contributed by atoms with E-state index in [-0.39, 0.29) is 0 Å². The molecule has 1 fully saturated rings. The van der Waals surface area contributed by atoms with Crippen LogP contribution in [0, 0.1) is 18.3 Å². The molecule has 142 valence electrons. The number of pyridine rings is 2. The zero-order valence-electron chi connectivity index (χ0n) is 15.8. The van der Waals surface area contributed by atoms with Crippen LogP contribution in [0.2, 0.25) is 0 Å². The summed E-state index contributed by atoms with van der Waals surface area (Å²) in [7, 11) is 0. The van der Waals surface area contributed by atoms with Gasteiger partial charge in [0.1, 0.15) is 11.8 Å². The van der Waals surface area contributed by atoms with E-state index in [0.717, 1.165) is 41.7 Å². The Hall–Kier alpha value is -2.82. The van der Waals surface area contributed by atoms with Crippen molar-refractivity contribution in [2.75, 3.05) is 11.9 Å². The molecule has 0 aliphatic carbocycles. The molecule has 1 N–H and O–H groups in total. The van der Waals surface area contributed by atoms with Crippen molar-refractivity contribution in [3.05, 3.63) is 64.7 Å². The number of likely N-dealkylation sites (tertiary alicyclic amines) is 1. The van der Waals surface area contributed by atoms with Crippen molar-refractivity contribution in [2.24, 2.45) is 0 Å². The molecule has 0 amide bonds. The number of aryl methyl sites for hydroxylation is 1. The van der Waals surface area contributed by atoms with Crippen LogP contribution < -0.4 is 5.32 Å². The number of rotatable bonds is 5. The maximum absolute atomic E-state index is 8.86. The molecule has 1 atom stereocenters. The Bertz CT molecular complexity index is 975. The summed E-state index contributed by atoms with van der Waals surface area (Å²) >= 11 is 1.60. The Labute approximate surface area is 168 Å². The largest absolute Gasteiger partial charge is 0.330 e. The predicted molar refractivity (Wildman–Crippen MR) is 110 cm³/mol. The molecule has 4 heterocycles. The Morgan fingerprint density at radius 3 is 3.00 bits per heavy atom. The van der Waals surface area contributed by atoms with E-state index in [9.17, 15) is 0 Å². The van der Waals surface area contributed by atoms with Crippen LogP contribution in [0.1, 0.15) is 47.9 Å². The van der Waals surface area contributed by atoms with Crippen molar-refractivity contribution in [1.82, 2.24) is 19.9 Å². The minimum atomic E-state index is 0.320. The van der Waals surface area contributed by atoms with Crippen LogP contribution in [-0.4, -0.2) is 26.4 Å². The number of hydrogen-bond donors (Lipinski definition) is 1. The SMILES string of the molecule is Cc1cccnc1CN1CCCCC1c1csc(Nc2ccc(C#N)nc2)n1. The van der Waals surface area contributed by atoms with Gasteiger partial charge in [0.2, 0.25) is 0 Å². The van der Waals surface area contributed by atoms with E-state index < -0.39 is 0 Å².